The molecule has 0 nitrogen and oxygen atoms in total. The van der Waals surface area contributed by atoms with Gasteiger partial charge in [0.15, 0.2) is 0 Å². The highest BCUT2D eigenvalue weighted by molar-refractivity contribution is 7.81. The van der Waals surface area contributed by atoms with Crippen molar-refractivity contribution < 1.29 is 0 Å². The van der Waals surface area contributed by atoms with Crippen molar-refractivity contribution in [1.29, 1.82) is 0 Å². The minimum Gasteiger partial charge on any atom is -0.176 e. The highest BCUT2D eigenvalue weighted by Crippen LogP contribution is 2.48. The number of rotatable bonds is 0. The lowest BCUT2D eigenvalue weighted by molar-refractivity contribution is 0.223. The molecule has 2 aliphatic carbocycles. The summed E-state index contributed by atoms with van der Waals surface area (Å²) >= 11 is 4.50. The van der Waals surface area contributed by atoms with E-state index in [0.29, 0.717) is 0 Å². The molecule has 8 heavy (non-hydrogen) atoms. The highest BCUT2D eigenvalue weighted by atomic mass is 32.1. The van der Waals surface area contributed by atoms with Gasteiger partial charge in [-0.25, -0.2) is 0 Å². The van der Waals surface area contributed by atoms with Crippen LogP contribution < -0.4 is 0 Å². The molecule has 0 spiro atoms. The quantitative estimate of drug-likeness (QED) is 0.475. The van der Waals surface area contributed by atoms with E-state index >= 15 is 0 Å². The maximum absolute atomic E-state index is 4.50. The average molecular weight is 128 g/mol. The molecule has 0 bridgehead atoms. The van der Waals surface area contributed by atoms with E-state index in [0.717, 1.165) is 17.1 Å². The molecule has 0 amide bonds. The number of fused-ring (bicyclic) bond motifs is 1. The van der Waals surface area contributed by atoms with Crippen LogP contribution in [0.1, 0.15) is 25.7 Å². The summed E-state index contributed by atoms with van der Waals surface area (Å²) in [5.41, 5.74) is 0. The molecule has 2 aliphatic rings. The topological polar surface area (TPSA) is 0 Å². The van der Waals surface area contributed by atoms with E-state index in [1.165, 1.54) is 25.7 Å². The van der Waals surface area contributed by atoms with Crippen LogP contribution in [0.25, 0.3) is 0 Å². The molecule has 0 saturated heterocycles. The molecule has 0 radical (unpaired) electrons. The first kappa shape index (κ1) is 5.16. The SMILES string of the molecule is SC1CC[C@@H]2CC[C@H]12. The van der Waals surface area contributed by atoms with Gasteiger partial charge in [0, 0.05) is 5.25 Å². The van der Waals surface area contributed by atoms with Crippen LogP contribution in [0, 0.1) is 11.8 Å². The monoisotopic (exact) mass is 128 g/mol. The van der Waals surface area contributed by atoms with Crippen LogP contribution in [-0.4, -0.2) is 5.25 Å². The second-order valence-electron chi connectivity index (χ2n) is 3.15. The third kappa shape index (κ3) is 0.540. The van der Waals surface area contributed by atoms with Crippen LogP contribution in [0.5, 0.6) is 0 Å². The molecule has 1 unspecified atom stereocenters. The summed E-state index contributed by atoms with van der Waals surface area (Å²) in [5.74, 6) is 2.12. The maximum atomic E-state index is 4.50. The van der Waals surface area contributed by atoms with Gasteiger partial charge in [0.2, 0.25) is 0 Å². The second-order valence-corrected chi connectivity index (χ2v) is 3.81. The van der Waals surface area contributed by atoms with Gasteiger partial charge in [0.1, 0.15) is 0 Å². The third-order valence-corrected chi connectivity index (χ3v) is 3.44. The van der Waals surface area contributed by atoms with E-state index in [9.17, 15) is 0 Å². The van der Waals surface area contributed by atoms with E-state index in [2.05, 4.69) is 12.6 Å². The molecule has 0 aliphatic heterocycles. The standard InChI is InChI=1S/C7H12S/c8-7-4-2-5-1-3-6(5)7/h5-8H,1-4H2/t5-,6-,7?/m0/s1. The van der Waals surface area contributed by atoms with Gasteiger partial charge in [0.05, 0.1) is 0 Å². The molecular formula is C7H12S. The van der Waals surface area contributed by atoms with Crippen LogP contribution in [-0.2, 0) is 0 Å². The van der Waals surface area contributed by atoms with Crippen molar-refractivity contribution in [2.75, 3.05) is 0 Å². The fourth-order valence-corrected chi connectivity index (χ4v) is 2.60. The molecule has 0 aromatic carbocycles. The van der Waals surface area contributed by atoms with Crippen LogP contribution in [0.15, 0.2) is 0 Å². The Morgan fingerprint density at radius 3 is 2.00 bits per heavy atom. The number of thiol groups is 1. The van der Waals surface area contributed by atoms with Crippen molar-refractivity contribution in [2.45, 2.75) is 30.9 Å². The zero-order valence-corrected chi connectivity index (χ0v) is 5.90. The molecule has 2 rings (SSSR count). The zero-order valence-electron chi connectivity index (χ0n) is 5.01. The minimum atomic E-state index is 0.772. The van der Waals surface area contributed by atoms with Crippen molar-refractivity contribution in [3.63, 3.8) is 0 Å². The van der Waals surface area contributed by atoms with Gasteiger partial charge >= 0.3 is 0 Å². The van der Waals surface area contributed by atoms with Gasteiger partial charge in [-0.05, 0) is 37.5 Å². The molecule has 2 fully saturated rings. The molecule has 0 heterocycles. The summed E-state index contributed by atoms with van der Waals surface area (Å²) in [6.45, 7) is 0. The van der Waals surface area contributed by atoms with E-state index in [1.807, 2.05) is 0 Å². The van der Waals surface area contributed by atoms with E-state index in [-0.39, 0.29) is 0 Å². The van der Waals surface area contributed by atoms with Crippen molar-refractivity contribution in [2.24, 2.45) is 11.8 Å². The van der Waals surface area contributed by atoms with Gasteiger partial charge in [-0.2, -0.15) is 12.6 Å². The largest absolute Gasteiger partial charge is 0.176 e. The Morgan fingerprint density at radius 1 is 1.00 bits per heavy atom. The Morgan fingerprint density at radius 2 is 1.75 bits per heavy atom. The van der Waals surface area contributed by atoms with E-state index in [1.54, 1.807) is 0 Å². The lowest BCUT2D eigenvalue weighted by Gasteiger charge is -2.32. The van der Waals surface area contributed by atoms with Crippen LogP contribution >= 0.6 is 12.6 Å². The van der Waals surface area contributed by atoms with Crippen LogP contribution in [0.4, 0.5) is 0 Å². The lowest BCUT2D eigenvalue weighted by Crippen LogP contribution is -2.24. The van der Waals surface area contributed by atoms with Crippen molar-refractivity contribution in [1.82, 2.24) is 0 Å². The summed E-state index contributed by atoms with van der Waals surface area (Å²) in [6.07, 6.45) is 5.83. The van der Waals surface area contributed by atoms with Crippen molar-refractivity contribution in [3.8, 4) is 0 Å². The number of hydrogen-bond donors (Lipinski definition) is 1. The maximum Gasteiger partial charge on any atom is 0.00478 e. The van der Waals surface area contributed by atoms with E-state index in [4.69, 9.17) is 0 Å². The second kappa shape index (κ2) is 1.66. The predicted molar refractivity (Wildman–Crippen MR) is 38.2 cm³/mol. The molecule has 3 atom stereocenters. The van der Waals surface area contributed by atoms with Crippen molar-refractivity contribution in [3.05, 3.63) is 0 Å². The molecular weight excluding hydrogens is 116 g/mol. The summed E-state index contributed by atoms with van der Waals surface area (Å²) in [5, 5.41) is 0.772. The summed E-state index contributed by atoms with van der Waals surface area (Å²) < 4.78 is 0. The van der Waals surface area contributed by atoms with Gasteiger partial charge in [-0.1, -0.05) is 0 Å². The Kier molecular flexibility index (Phi) is 1.07. The summed E-state index contributed by atoms with van der Waals surface area (Å²) in [4.78, 5) is 0. The molecule has 0 N–H and O–H groups in total. The lowest BCUT2D eigenvalue weighted by atomic mass is 9.76. The Hall–Kier alpha value is 0.350. The smallest absolute Gasteiger partial charge is 0.00478 e. The van der Waals surface area contributed by atoms with Gasteiger partial charge in [0.25, 0.3) is 0 Å². The summed E-state index contributed by atoms with van der Waals surface area (Å²) in [7, 11) is 0. The fourth-order valence-electron chi connectivity index (χ4n) is 2.06. The molecule has 0 aromatic rings. The first-order chi connectivity index (χ1) is 3.88. The first-order valence-corrected chi connectivity index (χ1v) is 4.07. The fraction of sp³-hybridized carbons (Fsp3) is 1.00. The molecule has 0 aromatic heterocycles. The molecule has 2 saturated carbocycles. The number of hydrogen-bond acceptors (Lipinski definition) is 1. The predicted octanol–water partition coefficient (Wildman–Crippen LogP) is 2.10. The van der Waals surface area contributed by atoms with Crippen LogP contribution in [0.2, 0.25) is 0 Å². The molecule has 46 valence electrons. The normalized spacial score (nSPS) is 52.9. The highest BCUT2D eigenvalue weighted by Gasteiger charge is 2.40. The van der Waals surface area contributed by atoms with Gasteiger partial charge in [-0.3, -0.25) is 0 Å². The van der Waals surface area contributed by atoms with E-state index < -0.39 is 0 Å². The Balaban J connectivity index is 2.05. The average Bonchev–Trinajstić information content (AvgIpc) is 1.80. The zero-order chi connectivity index (χ0) is 5.56. The summed E-state index contributed by atoms with van der Waals surface area (Å²) in [6, 6.07) is 0. The van der Waals surface area contributed by atoms with Gasteiger partial charge in [-0.15, -0.1) is 0 Å². The van der Waals surface area contributed by atoms with Gasteiger partial charge < -0.3 is 0 Å². The minimum absolute atomic E-state index is 0.772. The van der Waals surface area contributed by atoms with Crippen molar-refractivity contribution >= 4 is 12.6 Å². The van der Waals surface area contributed by atoms with Crippen LogP contribution in [0.3, 0.4) is 0 Å². The Labute approximate surface area is 56.1 Å². The Bertz CT molecular complexity index is 94.6. The third-order valence-electron chi connectivity index (χ3n) is 2.80. The molecule has 1 heteroatoms. The first-order valence-electron chi connectivity index (χ1n) is 3.56.